The van der Waals surface area contributed by atoms with Crippen molar-refractivity contribution in [3.63, 3.8) is 0 Å². The molecule has 2 heterocycles. The summed E-state index contributed by atoms with van der Waals surface area (Å²) in [6.45, 7) is 3.90. The summed E-state index contributed by atoms with van der Waals surface area (Å²) >= 11 is 3.39. The van der Waals surface area contributed by atoms with E-state index in [1.54, 1.807) is 6.20 Å². The highest BCUT2D eigenvalue weighted by atomic mass is 79.9. The molecule has 0 spiro atoms. The second kappa shape index (κ2) is 5.82. The van der Waals surface area contributed by atoms with Crippen LogP contribution in [-0.2, 0) is 6.54 Å². The first-order chi connectivity index (χ1) is 8.24. The topological polar surface area (TPSA) is 42.7 Å². The molecule has 17 heavy (non-hydrogen) atoms. The average molecular weight is 295 g/mol. The molecule has 90 valence electrons. The van der Waals surface area contributed by atoms with Gasteiger partial charge in [0.2, 0.25) is 0 Å². The fourth-order valence-corrected chi connectivity index (χ4v) is 1.94. The summed E-state index contributed by atoms with van der Waals surface area (Å²) in [4.78, 5) is 4.10. The third kappa shape index (κ3) is 3.85. The van der Waals surface area contributed by atoms with Crippen LogP contribution in [0.3, 0.4) is 0 Å². The number of hydrogen-bond acceptors (Lipinski definition) is 3. The Morgan fingerprint density at radius 2 is 2.24 bits per heavy atom. The molecule has 0 unspecified atom stereocenters. The molecule has 1 N–H and O–H groups in total. The average Bonchev–Trinajstić information content (AvgIpc) is 2.71. The van der Waals surface area contributed by atoms with Crippen LogP contribution >= 0.6 is 15.9 Å². The minimum absolute atomic E-state index is 0.914. The summed E-state index contributed by atoms with van der Waals surface area (Å²) in [6, 6.07) is 2.02. The quantitative estimate of drug-likeness (QED) is 0.863. The Labute approximate surface area is 109 Å². The van der Waals surface area contributed by atoms with Crippen molar-refractivity contribution < 1.29 is 0 Å². The van der Waals surface area contributed by atoms with Crippen molar-refractivity contribution in [2.75, 3.05) is 11.9 Å². The molecule has 2 rings (SSSR count). The number of aromatic nitrogens is 3. The first kappa shape index (κ1) is 12.1. The molecule has 0 aliphatic rings. The van der Waals surface area contributed by atoms with E-state index in [0.717, 1.165) is 29.7 Å². The summed E-state index contributed by atoms with van der Waals surface area (Å²) in [5.74, 6) is 0. The molecule has 0 atom stereocenters. The molecule has 0 aliphatic carbocycles. The fraction of sp³-hybridized carbons (Fsp3) is 0.333. The predicted molar refractivity (Wildman–Crippen MR) is 72.0 cm³/mol. The van der Waals surface area contributed by atoms with E-state index in [1.807, 2.05) is 23.1 Å². The molecule has 0 saturated carbocycles. The van der Waals surface area contributed by atoms with Gasteiger partial charge in [-0.05, 0) is 40.9 Å². The Balaban J connectivity index is 1.73. The van der Waals surface area contributed by atoms with E-state index in [2.05, 4.69) is 44.4 Å². The summed E-state index contributed by atoms with van der Waals surface area (Å²) < 4.78 is 2.96. The lowest BCUT2D eigenvalue weighted by Crippen LogP contribution is -2.07. The molecule has 0 amide bonds. The zero-order valence-corrected chi connectivity index (χ0v) is 11.3. The first-order valence-corrected chi connectivity index (χ1v) is 6.37. The van der Waals surface area contributed by atoms with Gasteiger partial charge in [-0.2, -0.15) is 5.10 Å². The van der Waals surface area contributed by atoms with Gasteiger partial charge in [0.1, 0.15) is 0 Å². The van der Waals surface area contributed by atoms with E-state index in [9.17, 15) is 0 Å². The van der Waals surface area contributed by atoms with E-state index in [1.165, 1.54) is 5.56 Å². The van der Waals surface area contributed by atoms with Gasteiger partial charge in [-0.1, -0.05) is 0 Å². The molecule has 2 aromatic rings. The number of pyridine rings is 1. The minimum atomic E-state index is 0.914. The van der Waals surface area contributed by atoms with Gasteiger partial charge >= 0.3 is 0 Å². The number of nitrogens with zero attached hydrogens (tertiary/aromatic N) is 3. The van der Waals surface area contributed by atoms with Gasteiger partial charge in [-0.25, -0.2) is 0 Å². The van der Waals surface area contributed by atoms with Crippen LogP contribution in [0.2, 0.25) is 0 Å². The molecule has 5 heteroatoms. The van der Waals surface area contributed by atoms with E-state index in [0.29, 0.717) is 0 Å². The maximum atomic E-state index is 4.24. The lowest BCUT2D eigenvalue weighted by Gasteiger charge is -2.06. The van der Waals surface area contributed by atoms with Gasteiger partial charge in [0.05, 0.1) is 18.1 Å². The molecular weight excluding hydrogens is 280 g/mol. The van der Waals surface area contributed by atoms with Crippen molar-refractivity contribution in [1.82, 2.24) is 14.8 Å². The molecule has 0 aliphatic heterocycles. The summed E-state index contributed by atoms with van der Waals surface area (Å²) in [5, 5.41) is 7.57. The molecule has 4 nitrogen and oxygen atoms in total. The van der Waals surface area contributed by atoms with E-state index < -0.39 is 0 Å². The second-order valence-electron chi connectivity index (χ2n) is 3.95. The van der Waals surface area contributed by atoms with E-state index in [4.69, 9.17) is 0 Å². The number of anilines is 1. The molecule has 2 aromatic heterocycles. The number of rotatable bonds is 5. The number of nitrogens with one attached hydrogen (secondary N) is 1. The normalized spacial score (nSPS) is 10.5. The van der Waals surface area contributed by atoms with Crippen molar-refractivity contribution in [3.8, 4) is 0 Å². The largest absolute Gasteiger partial charge is 0.384 e. The van der Waals surface area contributed by atoms with Crippen LogP contribution in [0.1, 0.15) is 12.0 Å². The molecule has 0 fully saturated rings. The number of aryl methyl sites for hydroxylation is 2. The summed E-state index contributed by atoms with van der Waals surface area (Å²) in [7, 11) is 0. The molecule has 0 saturated heterocycles. The first-order valence-electron chi connectivity index (χ1n) is 5.57. The van der Waals surface area contributed by atoms with Crippen LogP contribution < -0.4 is 5.32 Å². The van der Waals surface area contributed by atoms with Crippen LogP contribution in [0.4, 0.5) is 5.69 Å². The zero-order chi connectivity index (χ0) is 12.1. The van der Waals surface area contributed by atoms with Crippen LogP contribution in [0.5, 0.6) is 0 Å². The monoisotopic (exact) mass is 294 g/mol. The van der Waals surface area contributed by atoms with Gasteiger partial charge < -0.3 is 5.32 Å². The highest BCUT2D eigenvalue weighted by Gasteiger charge is 1.96. The number of hydrogen-bond donors (Lipinski definition) is 1. The van der Waals surface area contributed by atoms with Gasteiger partial charge in [0.25, 0.3) is 0 Å². The second-order valence-corrected chi connectivity index (χ2v) is 4.87. The van der Waals surface area contributed by atoms with Crippen molar-refractivity contribution in [3.05, 3.63) is 40.9 Å². The van der Waals surface area contributed by atoms with Crippen molar-refractivity contribution >= 4 is 21.6 Å². The Kier molecular flexibility index (Phi) is 4.14. The Morgan fingerprint density at radius 1 is 1.35 bits per heavy atom. The van der Waals surface area contributed by atoms with Crippen LogP contribution in [-0.4, -0.2) is 21.3 Å². The maximum Gasteiger partial charge on any atom is 0.0538 e. The van der Waals surface area contributed by atoms with Crippen LogP contribution in [0, 0.1) is 6.92 Å². The van der Waals surface area contributed by atoms with Crippen molar-refractivity contribution in [1.29, 1.82) is 0 Å². The van der Waals surface area contributed by atoms with Crippen molar-refractivity contribution in [2.45, 2.75) is 19.9 Å². The fourth-order valence-electron chi connectivity index (χ4n) is 1.57. The third-order valence-electron chi connectivity index (χ3n) is 2.36. The summed E-state index contributed by atoms with van der Waals surface area (Å²) in [5.41, 5.74) is 2.24. The maximum absolute atomic E-state index is 4.24. The summed E-state index contributed by atoms with van der Waals surface area (Å²) in [6.07, 6.45) is 8.57. The molecule has 0 bridgehead atoms. The Morgan fingerprint density at radius 3 is 2.94 bits per heavy atom. The molecule has 0 aromatic carbocycles. The standard InChI is InChI=1S/C12H15BrN4/c1-10-6-16-17(9-10)4-2-3-15-12-5-11(13)7-14-8-12/h5-9,15H,2-4H2,1H3. The Bertz CT molecular complexity index is 481. The van der Waals surface area contributed by atoms with Gasteiger partial charge in [0, 0.05) is 30.0 Å². The smallest absolute Gasteiger partial charge is 0.0538 e. The predicted octanol–water partition coefficient (Wildman–Crippen LogP) is 2.85. The minimum Gasteiger partial charge on any atom is -0.384 e. The lowest BCUT2D eigenvalue weighted by atomic mass is 10.3. The SMILES string of the molecule is Cc1cnn(CCCNc2cncc(Br)c2)c1. The molecular formula is C12H15BrN4. The van der Waals surface area contributed by atoms with E-state index in [-0.39, 0.29) is 0 Å². The van der Waals surface area contributed by atoms with Gasteiger partial charge in [-0.3, -0.25) is 9.67 Å². The van der Waals surface area contributed by atoms with Crippen LogP contribution in [0.25, 0.3) is 0 Å². The van der Waals surface area contributed by atoms with Crippen LogP contribution in [0.15, 0.2) is 35.3 Å². The third-order valence-corrected chi connectivity index (χ3v) is 2.79. The number of halogens is 1. The lowest BCUT2D eigenvalue weighted by molar-refractivity contribution is 0.591. The highest BCUT2D eigenvalue weighted by molar-refractivity contribution is 9.10. The van der Waals surface area contributed by atoms with E-state index >= 15 is 0 Å². The van der Waals surface area contributed by atoms with Gasteiger partial charge in [-0.15, -0.1) is 0 Å². The van der Waals surface area contributed by atoms with Gasteiger partial charge in [0.15, 0.2) is 0 Å². The highest BCUT2D eigenvalue weighted by Crippen LogP contribution is 2.13. The Hall–Kier alpha value is -1.36. The zero-order valence-electron chi connectivity index (χ0n) is 9.73. The van der Waals surface area contributed by atoms with Crippen molar-refractivity contribution in [2.24, 2.45) is 0 Å². The molecule has 0 radical (unpaired) electrons.